The molecule has 0 atom stereocenters. The van der Waals surface area contributed by atoms with E-state index < -0.39 is 5.91 Å². The molecule has 4 rings (SSSR count). The molecule has 0 saturated carbocycles. The van der Waals surface area contributed by atoms with Crippen molar-refractivity contribution in [1.29, 1.82) is 0 Å². The Labute approximate surface area is 173 Å². The fraction of sp³-hybridized carbons (Fsp3) is 0.227. The third kappa shape index (κ3) is 4.32. The summed E-state index contributed by atoms with van der Waals surface area (Å²) in [7, 11) is 0. The van der Waals surface area contributed by atoms with E-state index in [-0.39, 0.29) is 11.7 Å². The van der Waals surface area contributed by atoms with Crippen LogP contribution in [-0.2, 0) is 0 Å². The van der Waals surface area contributed by atoms with Crippen molar-refractivity contribution in [2.75, 3.05) is 18.4 Å². The molecule has 1 fully saturated rings. The topological polar surface area (TPSA) is 75.4 Å². The number of benzene rings is 2. The van der Waals surface area contributed by atoms with Crippen LogP contribution in [0.3, 0.4) is 0 Å². The lowest BCUT2D eigenvalue weighted by Crippen LogP contribution is -2.35. The largest absolute Gasteiger partial charge is 0.350 e. The molecule has 0 radical (unpaired) electrons. The average Bonchev–Trinajstić information content (AvgIpc) is 3.25. The van der Waals surface area contributed by atoms with Gasteiger partial charge in [-0.2, -0.15) is 0 Å². The van der Waals surface area contributed by atoms with Crippen LogP contribution in [0.4, 0.5) is 5.69 Å². The highest BCUT2D eigenvalue weighted by Crippen LogP contribution is 2.25. The first-order chi connectivity index (χ1) is 14.1. The van der Waals surface area contributed by atoms with Crippen LogP contribution in [0.5, 0.6) is 0 Å². The molecule has 1 aliphatic rings. The second-order valence-corrected chi connectivity index (χ2v) is 7.35. The van der Waals surface area contributed by atoms with Crippen molar-refractivity contribution >= 4 is 29.1 Å². The zero-order chi connectivity index (χ0) is 20.2. The summed E-state index contributed by atoms with van der Waals surface area (Å²) in [4.78, 5) is 26.9. The Bertz CT molecular complexity index is 1030. The molecule has 1 N–H and O–H groups in total. The number of hydrogen-bond donors (Lipinski definition) is 1. The van der Waals surface area contributed by atoms with Crippen LogP contribution in [0.15, 0.2) is 59.1 Å². The molecule has 3 aromatic rings. The lowest BCUT2D eigenvalue weighted by Gasteiger charge is -2.27. The van der Waals surface area contributed by atoms with Crippen molar-refractivity contribution in [2.24, 2.45) is 0 Å². The summed E-state index contributed by atoms with van der Waals surface area (Å²) in [5.74, 6) is -0.422. The second-order valence-electron chi connectivity index (χ2n) is 6.94. The summed E-state index contributed by atoms with van der Waals surface area (Å²) >= 11 is 6.32. The third-order valence-electron chi connectivity index (χ3n) is 4.90. The van der Waals surface area contributed by atoms with Crippen LogP contribution in [0, 0.1) is 0 Å². The molecule has 29 heavy (non-hydrogen) atoms. The van der Waals surface area contributed by atoms with Gasteiger partial charge in [0.2, 0.25) is 5.76 Å². The van der Waals surface area contributed by atoms with E-state index in [0.717, 1.165) is 37.9 Å². The number of halogens is 1. The smallest absolute Gasteiger partial charge is 0.294 e. The first kappa shape index (κ1) is 19.2. The molecule has 7 heteroatoms. The number of amides is 2. The molecular formula is C22H20ClN3O3. The maximum Gasteiger partial charge on any atom is 0.294 e. The number of carbonyl (C=O) groups is 2. The predicted molar refractivity (Wildman–Crippen MR) is 111 cm³/mol. The summed E-state index contributed by atoms with van der Waals surface area (Å²) in [5.41, 5.74) is 2.36. The molecule has 0 bridgehead atoms. The molecule has 0 unspecified atom stereocenters. The van der Waals surface area contributed by atoms with Gasteiger partial charge in [-0.1, -0.05) is 47.1 Å². The normalized spacial score (nSPS) is 13.9. The molecule has 2 heterocycles. The van der Waals surface area contributed by atoms with Crippen LogP contribution in [0.2, 0.25) is 5.02 Å². The molecule has 6 nitrogen and oxygen atoms in total. The Morgan fingerprint density at radius 1 is 1.00 bits per heavy atom. The monoisotopic (exact) mass is 409 g/mol. The number of nitrogens with one attached hydrogen (secondary N) is 1. The maximum atomic E-state index is 12.6. The Balaban J connectivity index is 1.46. The number of hydrogen-bond acceptors (Lipinski definition) is 4. The fourth-order valence-corrected chi connectivity index (χ4v) is 3.61. The minimum atomic E-state index is -0.439. The van der Waals surface area contributed by atoms with Crippen LogP contribution in [-0.4, -0.2) is 35.0 Å². The van der Waals surface area contributed by atoms with Gasteiger partial charge in [-0.25, -0.2) is 0 Å². The van der Waals surface area contributed by atoms with E-state index in [1.807, 2.05) is 35.2 Å². The van der Waals surface area contributed by atoms with Crippen LogP contribution in [0.1, 0.15) is 40.2 Å². The molecule has 0 spiro atoms. The Morgan fingerprint density at radius 2 is 1.76 bits per heavy atom. The number of carbonyl (C=O) groups excluding carboxylic acids is 2. The van der Waals surface area contributed by atoms with E-state index in [4.69, 9.17) is 16.1 Å². The molecular weight excluding hydrogens is 390 g/mol. The van der Waals surface area contributed by atoms with Gasteiger partial charge in [-0.15, -0.1) is 0 Å². The Hall–Kier alpha value is -3.12. The summed E-state index contributed by atoms with van der Waals surface area (Å²) in [6.07, 6.45) is 3.18. The van der Waals surface area contributed by atoms with Crippen molar-refractivity contribution in [3.05, 3.63) is 70.9 Å². The van der Waals surface area contributed by atoms with E-state index in [2.05, 4.69) is 10.5 Å². The highest BCUT2D eigenvalue weighted by atomic mass is 35.5. The van der Waals surface area contributed by atoms with Crippen LogP contribution >= 0.6 is 11.6 Å². The first-order valence-corrected chi connectivity index (χ1v) is 9.92. The molecule has 1 aliphatic heterocycles. The standard InChI is InChI=1S/C22H20ClN3O3/c23-18-13-16(9-10-17(18)22(28)26-11-5-2-6-12-26)24-21(27)20-14-19(25-29-20)15-7-3-1-4-8-15/h1,3-4,7-10,13-14H,2,5-6,11-12H2,(H,24,27). The number of likely N-dealkylation sites (tertiary alicyclic amines) is 1. The molecule has 1 aromatic heterocycles. The van der Waals surface area contributed by atoms with Crippen molar-refractivity contribution in [3.63, 3.8) is 0 Å². The quantitative estimate of drug-likeness (QED) is 0.666. The van der Waals surface area contributed by atoms with Gasteiger partial charge < -0.3 is 14.7 Å². The summed E-state index contributed by atoms with van der Waals surface area (Å²) in [6, 6.07) is 15.9. The number of nitrogens with zero attached hydrogens (tertiary/aromatic N) is 2. The van der Waals surface area contributed by atoms with Gasteiger partial charge in [-0.05, 0) is 37.5 Å². The molecule has 1 saturated heterocycles. The molecule has 148 valence electrons. The lowest BCUT2D eigenvalue weighted by molar-refractivity contribution is 0.0724. The highest BCUT2D eigenvalue weighted by molar-refractivity contribution is 6.34. The number of anilines is 1. The highest BCUT2D eigenvalue weighted by Gasteiger charge is 2.21. The van der Waals surface area contributed by atoms with E-state index in [0.29, 0.717) is 22.0 Å². The van der Waals surface area contributed by atoms with Crippen LogP contribution < -0.4 is 5.32 Å². The van der Waals surface area contributed by atoms with Crippen molar-refractivity contribution in [3.8, 4) is 11.3 Å². The summed E-state index contributed by atoms with van der Waals surface area (Å²) in [5, 5.41) is 6.98. The molecule has 2 amide bonds. The van der Waals surface area contributed by atoms with E-state index >= 15 is 0 Å². The van der Waals surface area contributed by atoms with Gasteiger partial charge in [0.1, 0.15) is 5.69 Å². The summed E-state index contributed by atoms with van der Waals surface area (Å²) in [6.45, 7) is 1.51. The van der Waals surface area contributed by atoms with Crippen LogP contribution in [0.25, 0.3) is 11.3 Å². The zero-order valence-electron chi connectivity index (χ0n) is 15.7. The van der Waals surface area contributed by atoms with Gasteiger partial charge in [-0.3, -0.25) is 9.59 Å². The lowest BCUT2D eigenvalue weighted by atomic mass is 10.1. The van der Waals surface area contributed by atoms with E-state index in [1.165, 1.54) is 0 Å². The number of piperidine rings is 1. The van der Waals surface area contributed by atoms with E-state index in [1.54, 1.807) is 24.3 Å². The minimum Gasteiger partial charge on any atom is -0.350 e. The van der Waals surface area contributed by atoms with Gasteiger partial charge in [0.05, 0.1) is 10.6 Å². The Kier molecular flexibility index (Phi) is 5.62. The zero-order valence-corrected chi connectivity index (χ0v) is 16.5. The number of rotatable bonds is 4. The predicted octanol–water partition coefficient (Wildman–Crippen LogP) is 4.87. The Morgan fingerprint density at radius 3 is 2.48 bits per heavy atom. The first-order valence-electron chi connectivity index (χ1n) is 9.54. The SMILES string of the molecule is O=C(Nc1ccc(C(=O)N2CCCCC2)c(Cl)c1)c1cc(-c2ccccc2)no1. The maximum absolute atomic E-state index is 12.6. The van der Waals surface area contributed by atoms with Crippen molar-refractivity contribution < 1.29 is 14.1 Å². The van der Waals surface area contributed by atoms with E-state index in [9.17, 15) is 9.59 Å². The van der Waals surface area contributed by atoms with Crippen molar-refractivity contribution in [1.82, 2.24) is 10.1 Å². The second kappa shape index (κ2) is 8.49. The van der Waals surface area contributed by atoms with Gasteiger partial charge >= 0.3 is 0 Å². The summed E-state index contributed by atoms with van der Waals surface area (Å²) < 4.78 is 5.17. The van der Waals surface area contributed by atoms with Gasteiger partial charge in [0, 0.05) is 30.4 Å². The fourth-order valence-electron chi connectivity index (χ4n) is 3.35. The number of aromatic nitrogens is 1. The molecule has 0 aliphatic carbocycles. The molecule has 2 aromatic carbocycles. The third-order valence-corrected chi connectivity index (χ3v) is 5.22. The minimum absolute atomic E-state index is 0.0738. The average molecular weight is 410 g/mol. The van der Waals surface area contributed by atoms with Gasteiger partial charge in [0.15, 0.2) is 0 Å². The van der Waals surface area contributed by atoms with Gasteiger partial charge in [0.25, 0.3) is 11.8 Å². The van der Waals surface area contributed by atoms with Crippen molar-refractivity contribution in [2.45, 2.75) is 19.3 Å².